The summed E-state index contributed by atoms with van der Waals surface area (Å²) in [7, 11) is 0. The fourth-order valence-corrected chi connectivity index (χ4v) is 4.17. The van der Waals surface area contributed by atoms with Gasteiger partial charge in [0.2, 0.25) is 5.91 Å². The van der Waals surface area contributed by atoms with Crippen LogP contribution in [0.5, 0.6) is 0 Å². The van der Waals surface area contributed by atoms with Gasteiger partial charge in [0, 0.05) is 30.4 Å². The van der Waals surface area contributed by atoms with Crippen LogP contribution < -0.4 is 4.90 Å². The molecule has 0 saturated heterocycles. The maximum absolute atomic E-state index is 12.8. The molecular formula is C17H21N3OS. The minimum atomic E-state index is 0.197. The molecule has 0 aliphatic heterocycles. The first kappa shape index (κ1) is 15.2. The normalized spacial score (nSPS) is 15.2. The van der Waals surface area contributed by atoms with Crippen LogP contribution in [0, 0.1) is 12.8 Å². The van der Waals surface area contributed by atoms with Crippen molar-refractivity contribution in [1.82, 2.24) is 9.97 Å². The van der Waals surface area contributed by atoms with Crippen molar-refractivity contribution in [2.75, 3.05) is 11.4 Å². The number of nitrogens with zero attached hydrogens (tertiary/aromatic N) is 3. The predicted molar refractivity (Wildman–Crippen MR) is 90.1 cm³/mol. The third-order valence-electron chi connectivity index (χ3n) is 4.21. The molecule has 0 atom stereocenters. The van der Waals surface area contributed by atoms with Crippen molar-refractivity contribution in [2.24, 2.45) is 5.92 Å². The van der Waals surface area contributed by atoms with E-state index in [1.54, 1.807) is 17.5 Å². The Morgan fingerprint density at radius 1 is 1.41 bits per heavy atom. The first-order valence-electron chi connectivity index (χ1n) is 7.90. The first-order valence-corrected chi connectivity index (χ1v) is 8.71. The Balaban J connectivity index is 1.89. The second-order valence-electron chi connectivity index (χ2n) is 5.72. The molecule has 22 heavy (non-hydrogen) atoms. The van der Waals surface area contributed by atoms with Crippen molar-refractivity contribution in [2.45, 2.75) is 39.5 Å². The first-order chi connectivity index (χ1) is 10.7. The maximum atomic E-state index is 12.8. The van der Waals surface area contributed by atoms with E-state index in [-0.39, 0.29) is 11.8 Å². The molecule has 0 radical (unpaired) electrons. The average molecular weight is 315 g/mol. The Morgan fingerprint density at radius 2 is 2.18 bits per heavy atom. The zero-order valence-corrected chi connectivity index (χ0v) is 13.9. The van der Waals surface area contributed by atoms with Gasteiger partial charge >= 0.3 is 0 Å². The van der Waals surface area contributed by atoms with E-state index in [1.807, 2.05) is 37.1 Å². The highest BCUT2D eigenvalue weighted by Gasteiger charge is 2.29. The van der Waals surface area contributed by atoms with Crippen molar-refractivity contribution < 1.29 is 4.79 Å². The zero-order valence-electron chi connectivity index (χ0n) is 13.1. The Morgan fingerprint density at radius 3 is 2.82 bits per heavy atom. The van der Waals surface area contributed by atoms with Crippen LogP contribution in [0.15, 0.2) is 24.5 Å². The fourth-order valence-electron chi connectivity index (χ4n) is 3.04. The van der Waals surface area contributed by atoms with Gasteiger partial charge in [0.1, 0.15) is 10.0 Å². The molecule has 0 spiro atoms. The molecule has 2 heterocycles. The number of carbonyl (C=O) groups is 1. The fraction of sp³-hybridized carbons (Fsp3) is 0.471. The molecule has 1 aliphatic carbocycles. The van der Waals surface area contributed by atoms with Crippen LogP contribution in [-0.2, 0) is 4.79 Å². The molecule has 0 bridgehead atoms. The lowest BCUT2D eigenvalue weighted by molar-refractivity contribution is -0.122. The lowest BCUT2D eigenvalue weighted by Crippen LogP contribution is -2.35. The predicted octanol–water partition coefficient (Wildman–Crippen LogP) is 4.06. The van der Waals surface area contributed by atoms with E-state index in [9.17, 15) is 4.79 Å². The minimum absolute atomic E-state index is 0.197. The second kappa shape index (κ2) is 6.57. The molecule has 1 aliphatic rings. The summed E-state index contributed by atoms with van der Waals surface area (Å²) in [6, 6.07) is 3.91. The van der Waals surface area contributed by atoms with Crippen molar-refractivity contribution >= 4 is 22.2 Å². The molecule has 0 aromatic carbocycles. The molecule has 2 aromatic heterocycles. The standard InChI is InChI=1S/C17H21N3OS/c1-3-20(16(21)13-7-4-5-8-13)17-12(2)19-15(22-17)14-9-6-10-18-11-14/h6,9-11,13H,3-5,7-8H2,1-2H3. The smallest absolute Gasteiger partial charge is 0.230 e. The number of aryl methyl sites for hydroxylation is 1. The molecule has 2 aromatic rings. The van der Waals surface area contributed by atoms with Gasteiger partial charge in [-0.3, -0.25) is 9.78 Å². The van der Waals surface area contributed by atoms with E-state index in [1.165, 1.54) is 12.8 Å². The quantitative estimate of drug-likeness (QED) is 0.855. The van der Waals surface area contributed by atoms with Gasteiger partial charge in [-0.05, 0) is 38.8 Å². The van der Waals surface area contributed by atoms with Gasteiger partial charge in [0.25, 0.3) is 0 Å². The maximum Gasteiger partial charge on any atom is 0.230 e. The van der Waals surface area contributed by atoms with E-state index in [0.29, 0.717) is 6.54 Å². The van der Waals surface area contributed by atoms with E-state index in [2.05, 4.69) is 9.97 Å². The second-order valence-corrected chi connectivity index (χ2v) is 6.69. The van der Waals surface area contributed by atoms with Crippen LogP contribution in [0.1, 0.15) is 38.3 Å². The molecule has 0 unspecified atom stereocenters. The number of aromatic nitrogens is 2. The van der Waals surface area contributed by atoms with E-state index in [4.69, 9.17) is 0 Å². The van der Waals surface area contributed by atoms with Crippen LogP contribution in [0.4, 0.5) is 5.00 Å². The number of amides is 1. The summed E-state index contributed by atoms with van der Waals surface area (Å²) >= 11 is 1.59. The number of hydrogen-bond acceptors (Lipinski definition) is 4. The third kappa shape index (κ3) is 2.90. The van der Waals surface area contributed by atoms with E-state index < -0.39 is 0 Å². The molecule has 4 nitrogen and oxygen atoms in total. The molecule has 1 fully saturated rings. The number of thiazole rings is 1. The van der Waals surface area contributed by atoms with Gasteiger partial charge in [-0.25, -0.2) is 4.98 Å². The molecule has 1 saturated carbocycles. The number of hydrogen-bond donors (Lipinski definition) is 0. The Labute approximate surface area is 135 Å². The monoisotopic (exact) mass is 315 g/mol. The summed E-state index contributed by atoms with van der Waals surface area (Å²) in [6.45, 7) is 4.72. The van der Waals surface area contributed by atoms with E-state index >= 15 is 0 Å². The zero-order chi connectivity index (χ0) is 15.5. The molecule has 1 amide bonds. The number of anilines is 1. The molecule has 0 N–H and O–H groups in total. The largest absolute Gasteiger partial charge is 0.302 e. The van der Waals surface area contributed by atoms with Gasteiger partial charge in [-0.15, -0.1) is 0 Å². The van der Waals surface area contributed by atoms with Crippen LogP contribution >= 0.6 is 11.3 Å². The summed E-state index contributed by atoms with van der Waals surface area (Å²) in [5.41, 5.74) is 1.93. The van der Waals surface area contributed by atoms with Gasteiger partial charge < -0.3 is 4.90 Å². The van der Waals surface area contributed by atoms with Crippen LogP contribution in [-0.4, -0.2) is 22.4 Å². The molecule has 3 rings (SSSR count). The lowest BCUT2D eigenvalue weighted by atomic mass is 10.1. The minimum Gasteiger partial charge on any atom is -0.302 e. The Hall–Kier alpha value is -1.75. The summed E-state index contributed by atoms with van der Waals surface area (Å²) in [4.78, 5) is 23.5. The van der Waals surface area contributed by atoms with Crippen molar-refractivity contribution in [3.05, 3.63) is 30.2 Å². The number of rotatable bonds is 4. The summed E-state index contributed by atoms with van der Waals surface area (Å²) in [6.07, 6.45) is 7.99. The van der Waals surface area contributed by atoms with Gasteiger partial charge in [0.15, 0.2) is 0 Å². The van der Waals surface area contributed by atoms with Crippen molar-refractivity contribution in [3.63, 3.8) is 0 Å². The number of carbonyl (C=O) groups excluding carboxylic acids is 1. The van der Waals surface area contributed by atoms with Crippen molar-refractivity contribution in [3.8, 4) is 10.6 Å². The van der Waals surface area contributed by atoms with Crippen LogP contribution in [0.2, 0.25) is 0 Å². The van der Waals surface area contributed by atoms with Crippen LogP contribution in [0.25, 0.3) is 10.6 Å². The molecule has 116 valence electrons. The van der Waals surface area contributed by atoms with Gasteiger partial charge in [0.05, 0.1) is 5.69 Å². The van der Waals surface area contributed by atoms with Crippen molar-refractivity contribution in [1.29, 1.82) is 0 Å². The highest BCUT2D eigenvalue weighted by molar-refractivity contribution is 7.19. The van der Waals surface area contributed by atoms with Gasteiger partial charge in [-0.2, -0.15) is 0 Å². The summed E-state index contributed by atoms with van der Waals surface area (Å²) < 4.78 is 0. The Bertz CT molecular complexity index is 647. The lowest BCUT2D eigenvalue weighted by Gasteiger charge is -2.23. The SMILES string of the molecule is CCN(C(=O)C1CCCC1)c1sc(-c2cccnc2)nc1C. The van der Waals surface area contributed by atoms with E-state index in [0.717, 1.165) is 34.1 Å². The average Bonchev–Trinajstić information content (AvgIpc) is 3.19. The summed E-state index contributed by atoms with van der Waals surface area (Å²) in [5, 5.41) is 1.91. The van der Waals surface area contributed by atoms with Crippen LogP contribution in [0.3, 0.4) is 0 Å². The Kier molecular flexibility index (Phi) is 4.52. The third-order valence-corrected chi connectivity index (χ3v) is 5.44. The number of pyridine rings is 1. The molecule has 5 heteroatoms. The van der Waals surface area contributed by atoms with Gasteiger partial charge in [-0.1, -0.05) is 24.2 Å². The highest BCUT2D eigenvalue weighted by atomic mass is 32.1. The summed E-state index contributed by atoms with van der Waals surface area (Å²) in [5.74, 6) is 0.466. The topological polar surface area (TPSA) is 46.1 Å². The molecular weight excluding hydrogens is 294 g/mol. The highest BCUT2D eigenvalue weighted by Crippen LogP contribution is 2.36.